The number of benzene rings is 2. The fourth-order valence-corrected chi connectivity index (χ4v) is 1.94. The highest BCUT2D eigenvalue weighted by Gasteiger charge is 2.16. The van der Waals surface area contributed by atoms with Gasteiger partial charge in [0.2, 0.25) is 5.78 Å². The first kappa shape index (κ1) is 16.5. The molecule has 0 saturated carbocycles. The second-order valence-electron chi connectivity index (χ2n) is 4.58. The first-order valence-corrected chi connectivity index (χ1v) is 6.73. The van der Waals surface area contributed by atoms with Gasteiger partial charge in [0.05, 0.1) is 25.3 Å². The molecule has 2 aromatic rings. The minimum Gasteiger partial charge on any atom is -0.497 e. The van der Waals surface area contributed by atoms with Gasteiger partial charge in [0.25, 0.3) is 0 Å². The van der Waals surface area contributed by atoms with Gasteiger partial charge in [-0.05, 0) is 36.4 Å². The van der Waals surface area contributed by atoms with Crippen LogP contribution in [0.15, 0.2) is 42.5 Å². The highest BCUT2D eigenvalue weighted by molar-refractivity contribution is 6.01. The summed E-state index contributed by atoms with van der Waals surface area (Å²) in [5, 5.41) is 0. The maximum absolute atomic E-state index is 13.3. The molecule has 0 aliphatic carbocycles. The van der Waals surface area contributed by atoms with Crippen LogP contribution in [-0.2, 0) is 4.74 Å². The van der Waals surface area contributed by atoms with Crippen LogP contribution in [0.3, 0.4) is 0 Å². The van der Waals surface area contributed by atoms with Gasteiger partial charge in [-0.3, -0.25) is 4.79 Å². The average Bonchev–Trinajstić information content (AvgIpc) is 2.59. The number of halogens is 1. The average molecular weight is 318 g/mol. The molecule has 0 spiro atoms. The summed E-state index contributed by atoms with van der Waals surface area (Å²) in [6.45, 7) is -0.518. The summed E-state index contributed by atoms with van der Waals surface area (Å²) in [4.78, 5) is 24.0. The second kappa shape index (κ2) is 7.40. The molecule has 120 valence electrons. The SMILES string of the molecule is COc1cccc(C(=O)OCC(=O)c2cc(F)ccc2OC)c1. The van der Waals surface area contributed by atoms with E-state index >= 15 is 0 Å². The van der Waals surface area contributed by atoms with Gasteiger partial charge in [-0.15, -0.1) is 0 Å². The van der Waals surface area contributed by atoms with Gasteiger partial charge in [0, 0.05) is 0 Å². The van der Waals surface area contributed by atoms with Crippen LogP contribution in [0.1, 0.15) is 20.7 Å². The van der Waals surface area contributed by atoms with E-state index in [0.29, 0.717) is 5.75 Å². The number of rotatable bonds is 6. The van der Waals surface area contributed by atoms with E-state index in [2.05, 4.69) is 0 Å². The first-order valence-electron chi connectivity index (χ1n) is 6.73. The molecule has 0 fully saturated rings. The van der Waals surface area contributed by atoms with Crippen LogP contribution in [0.25, 0.3) is 0 Å². The van der Waals surface area contributed by atoms with E-state index in [0.717, 1.165) is 6.07 Å². The molecule has 0 heterocycles. The van der Waals surface area contributed by atoms with Crippen LogP contribution in [-0.4, -0.2) is 32.6 Å². The monoisotopic (exact) mass is 318 g/mol. The molecule has 2 aromatic carbocycles. The minimum atomic E-state index is -0.674. The molecule has 0 unspecified atom stereocenters. The van der Waals surface area contributed by atoms with Gasteiger partial charge < -0.3 is 14.2 Å². The predicted molar refractivity (Wildman–Crippen MR) is 80.6 cm³/mol. The van der Waals surface area contributed by atoms with Crippen LogP contribution < -0.4 is 9.47 Å². The normalized spacial score (nSPS) is 10.0. The Morgan fingerprint density at radius 3 is 2.52 bits per heavy atom. The van der Waals surface area contributed by atoms with E-state index in [9.17, 15) is 14.0 Å². The fourth-order valence-electron chi connectivity index (χ4n) is 1.94. The van der Waals surface area contributed by atoms with Crippen molar-refractivity contribution in [2.45, 2.75) is 0 Å². The predicted octanol–water partition coefficient (Wildman–Crippen LogP) is 2.88. The Labute approximate surface area is 132 Å². The van der Waals surface area contributed by atoms with Crippen LogP contribution in [0, 0.1) is 5.82 Å². The lowest BCUT2D eigenvalue weighted by molar-refractivity contribution is 0.0473. The van der Waals surface area contributed by atoms with Crippen LogP contribution >= 0.6 is 0 Å². The fraction of sp³-hybridized carbons (Fsp3) is 0.176. The molecule has 0 aliphatic rings. The van der Waals surface area contributed by atoms with Crippen LogP contribution in [0.5, 0.6) is 11.5 Å². The van der Waals surface area contributed by atoms with E-state index in [-0.39, 0.29) is 16.9 Å². The highest BCUT2D eigenvalue weighted by atomic mass is 19.1. The zero-order chi connectivity index (χ0) is 16.8. The van der Waals surface area contributed by atoms with E-state index in [1.165, 1.54) is 38.5 Å². The molecule has 6 heteroatoms. The third kappa shape index (κ3) is 4.06. The third-order valence-corrected chi connectivity index (χ3v) is 3.10. The molecule has 23 heavy (non-hydrogen) atoms. The van der Waals surface area contributed by atoms with Crippen LogP contribution in [0.4, 0.5) is 4.39 Å². The summed E-state index contributed by atoms with van der Waals surface area (Å²) in [5.74, 6) is -1.09. The Morgan fingerprint density at radius 2 is 1.83 bits per heavy atom. The van der Waals surface area contributed by atoms with Crippen molar-refractivity contribution in [1.29, 1.82) is 0 Å². The van der Waals surface area contributed by atoms with Gasteiger partial charge in [-0.25, -0.2) is 9.18 Å². The summed E-state index contributed by atoms with van der Waals surface area (Å²) in [5.41, 5.74) is 0.272. The standard InChI is InChI=1S/C17H15FO5/c1-21-13-5-3-4-11(8-13)17(20)23-10-15(19)14-9-12(18)6-7-16(14)22-2/h3-9H,10H2,1-2H3. The number of esters is 1. The Morgan fingerprint density at radius 1 is 1.04 bits per heavy atom. The van der Waals surface area contributed by atoms with Gasteiger partial charge in [-0.1, -0.05) is 6.07 Å². The lowest BCUT2D eigenvalue weighted by Gasteiger charge is -2.09. The van der Waals surface area contributed by atoms with Crippen LogP contribution in [0.2, 0.25) is 0 Å². The smallest absolute Gasteiger partial charge is 0.338 e. The van der Waals surface area contributed by atoms with Crippen molar-refractivity contribution >= 4 is 11.8 Å². The Balaban J connectivity index is 2.06. The second-order valence-corrected chi connectivity index (χ2v) is 4.58. The molecule has 0 aliphatic heterocycles. The molecule has 2 rings (SSSR count). The molecule has 0 radical (unpaired) electrons. The van der Waals surface area contributed by atoms with Gasteiger partial charge in [0.15, 0.2) is 6.61 Å². The third-order valence-electron chi connectivity index (χ3n) is 3.10. The van der Waals surface area contributed by atoms with Crippen molar-refractivity contribution in [2.75, 3.05) is 20.8 Å². The molecular formula is C17H15FO5. The highest BCUT2D eigenvalue weighted by Crippen LogP contribution is 2.20. The Hall–Kier alpha value is -2.89. The number of carbonyl (C=O) groups excluding carboxylic acids is 2. The number of ether oxygens (including phenoxy) is 3. The van der Waals surface area contributed by atoms with Crippen molar-refractivity contribution in [3.63, 3.8) is 0 Å². The summed E-state index contributed by atoms with van der Waals surface area (Å²) in [7, 11) is 2.84. The zero-order valence-corrected chi connectivity index (χ0v) is 12.7. The molecule has 5 nitrogen and oxygen atoms in total. The number of methoxy groups -OCH3 is 2. The van der Waals surface area contributed by atoms with E-state index < -0.39 is 24.2 Å². The molecular weight excluding hydrogens is 303 g/mol. The number of Topliss-reactive ketones (excluding diaryl/α,β-unsaturated/α-hetero) is 1. The largest absolute Gasteiger partial charge is 0.497 e. The maximum atomic E-state index is 13.3. The first-order chi connectivity index (χ1) is 11.0. The molecule has 0 N–H and O–H groups in total. The summed E-state index contributed by atoms with van der Waals surface area (Å²) in [6.07, 6.45) is 0. The summed E-state index contributed by atoms with van der Waals surface area (Å²) >= 11 is 0. The molecule has 0 saturated heterocycles. The van der Waals surface area contributed by atoms with Gasteiger partial charge in [-0.2, -0.15) is 0 Å². The summed E-state index contributed by atoms with van der Waals surface area (Å²) in [6, 6.07) is 9.91. The van der Waals surface area contributed by atoms with E-state index in [1.54, 1.807) is 12.1 Å². The van der Waals surface area contributed by atoms with Crippen molar-refractivity contribution < 1.29 is 28.2 Å². The summed E-state index contributed by atoms with van der Waals surface area (Å²) < 4.78 is 28.2. The number of carbonyl (C=O) groups is 2. The number of ketones is 1. The molecule has 0 bridgehead atoms. The quantitative estimate of drug-likeness (QED) is 0.605. The lowest BCUT2D eigenvalue weighted by Crippen LogP contribution is -2.15. The maximum Gasteiger partial charge on any atom is 0.338 e. The van der Waals surface area contributed by atoms with Crippen molar-refractivity contribution in [2.24, 2.45) is 0 Å². The van der Waals surface area contributed by atoms with Crippen molar-refractivity contribution in [3.8, 4) is 11.5 Å². The minimum absolute atomic E-state index is 0.0194. The van der Waals surface area contributed by atoms with E-state index in [1.807, 2.05) is 0 Å². The van der Waals surface area contributed by atoms with Crippen molar-refractivity contribution in [3.05, 3.63) is 59.4 Å². The number of hydrogen-bond donors (Lipinski definition) is 0. The van der Waals surface area contributed by atoms with Crippen molar-refractivity contribution in [1.82, 2.24) is 0 Å². The topological polar surface area (TPSA) is 61.8 Å². The van der Waals surface area contributed by atoms with Gasteiger partial charge >= 0.3 is 5.97 Å². The Kier molecular flexibility index (Phi) is 5.30. The molecule has 0 amide bonds. The Bertz CT molecular complexity index is 727. The van der Waals surface area contributed by atoms with Gasteiger partial charge in [0.1, 0.15) is 17.3 Å². The molecule has 0 aromatic heterocycles. The molecule has 0 atom stereocenters. The zero-order valence-electron chi connectivity index (χ0n) is 12.7. The lowest BCUT2D eigenvalue weighted by atomic mass is 10.1. The van der Waals surface area contributed by atoms with E-state index in [4.69, 9.17) is 14.2 Å². The number of hydrogen-bond acceptors (Lipinski definition) is 5.